The molecule has 178 valence electrons. The van der Waals surface area contributed by atoms with Crippen LogP contribution in [-0.2, 0) is 22.7 Å². The number of phosphoric ester groups is 1. The van der Waals surface area contributed by atoms with Gasteiger partial charge in [0.25, 0.3) is 0 Å². The van der Waals surface area contributed by atoms with Crippen LogP contribution in [-0.4, -0.2) is 69.8 Å². The van der Waals surface area contributed by atoms with Gasteiger partial charge in [-0.15, -0.1) is 0 Å². The van der Waals surface area contributed by atoms with E-state index in [1.165, 1.54) is 10.9 Å². The number of aromatic nitrogens is 4. The Labute approximate surface area is 179 Å². The molecule has 15 nitrogen and oxygen atoms in total. The van der Waals surface area contributed by atoms with Gasteiger partial charge in [-0.1, -0.05) is 0 Å². The fraction of sp³-hybridized carbons (Fsp3) is 0.643. The lowest BCUT2D eigenvalue weighted by molar-refractivity contribution is -0.0560. The average molecular weight is 498 g/mol. The first kappa shape index (κ1) is 23.4. The van der Waals surface area contributed by atoms with Gasteiger partial charge in [0.1, 0.15) is 12.2 Å². The fourth-order valence-electron chi connectivity index (χ4n) is 3.30. The minimum Gasteiger partial charge on any atom is -0.387 e. The number of alkyl halides is 1. The quantitative estimate of drug-likeness (QED) is 0.267. The number of imidazole rings is 1. The number of nitrogen functional groups attached to an aromatic ring is 1. The van der Waals surface area contributed by atoms with E-state index in [2.05, 4.69) is 29.1 Å². The minimum absolute atomic E-state index is 0.0998. The highest BCUT2D eigenvalue weighted by Crippen LogP contribution is 2.58. The molecule has 1 saturated heterocycles. The summed E-state index contributed by atoms with van der Waals surface area (Å²) in [4.78, 5) is 39.1. The van der Waals surface area contributed by atoms with Gasteiger partial charge in [-0.3, -0.25) is 9.09 Å². The van der Waals surface area contributed by atoms with Crippen molar-refractivity contribution in [1.29, 1.82) is 0 Å². The first-order valence-electron chi connectivity index (χ1n) is 9.30. The normalized spacial score (nSPS) is 30.5. The number of ether oxygens (including phenoxy) is 1. The van der Waals surface area contributed by atoms with E-state index in [-0.39, 0.29) is 17.6 Å². The van der Waals surface area contributed by atoms with Crippen molar-refractivity contribution in [3.05, 3.63) is 6.33 Å². The maximum absolute atomic E-state index is 15.5. The Morgan fingerprint density at radius 3 is 2.69 bits per heavy atom. The number of hydrogen-bond donors (Lipinski definition) is 6. The number of aliphatic hydroxyl groups excluding tert-OH is 1. The monoisotopic (exact) mass is 498 g/mol. The second-order valence-corrected chi connectivity index (χ2v) is 10.5. The molecule has 3 heterocycles. The highest BCUT2D eigenvalue weighted by atomic mass is 31.3. The second-order valence-electron chi connectivity index (χ2n) is 7.63. The van der Waals surface area contributed by atoms with Gasteiger partial charge in [-0.25, -0.2) is 18.5 Å². The van der Waals surface area contributed by atoms with E-state index in [9.17, 15) is 19.1 Å². The van der Waals surface area contributed by atoms with Crippen LogP contribution in [0.15, 0.2) is 6.33 Å². The summed E-state index contributed by atoms with van der Waals surface area (Å²) >= 11 is 0. The smallest absolute Gasteiger partial charge is 0.387 e. The third kappa shape index (κ3) is 4.78. The van der Waals surface area contributed by atoms with Crippen LogP contribution in [0, 0.1) is 0 Å². The lowest BCUT2D eigenvalue weighted by Gasteiger charge is -2.24. The molecular formula is C14H21FN6O9P2. The van der Waals surface area contributed by atoms with Gasteiger partial charge in [0, 0.05) is 6.04 Å². The van der Waals surface area contributed by atoms with Crippen LogP contribution in [0.4, 0.5) is 16.2 Å². The van der Waals surface area contributed by atoms with Crippen molar-refractivity contribution in [2.24, 2.45) is 0 Å². The SMILES string of the molecule is C[C@@]1(F)[C@H](O)[C@@H](COP(=O)(O)OP(=O)(O)O)O[C@H]1n1cnc2c(NC3CC3)nc(N)nc21. The standard InChI is InChI=1S/C14H21FN6O9P2/c1-14(15)9(22)7(4-28-32(26,27)30-31(23,24)25)29-12(14)21-5-17-8-10(18-6-2-3-6)19-13(16)20-11(8)21/h5-7,9,12,22H,2-4H2,1H3,(H,26,27)(H2,23,24,25)(H3,16,18,19,20)/t7-,9-,12-,14-/m1/s1. The number of anilines is 2. The number of nitrogens with zero attached hydrogens (tertiary/aromatic N) is 4. The zero-order valence-electron chi connectivity index (χ0n) is 16.5. The van der Waals surface area contributed by atoms with Crippen molar-refractivity contribution in [2.45, 2.75) is 49.9 Å². The highest BCUT2D eigenvalue weighted by Gasteiger charge is 2.56. The number of nitrogens with two attached hydrogens (primary N) is 1. The lowest BCUT2D eigenvalue weighted by atomic mass is 9.98. The topological polar surface area (TPSA) is 224 Å². The van der Waals surface area contributed by atoms with Crippen molar-refractivity contribution < 1.29 is 46.9 Å². The van der Waals surface area contributed by atoms with E-state index in [0.717, 1.165) is 19.8 Å². The number of hydrogen-bond acceptors (Lipinski definition) is 11. The van der Waals surface area contributed by atoms with Crippen molar-refractivity contribution in [3.63, 3.8) is 0 Å². The van der Waals surface area contributed by atoms with Gasteiger partial charge in [0.05, 0.1) is 12.9 Å². The van der Waals surface area contributed by atoms with Crippen LogP contribution in [0.25, 0.3) is 11.2 Å². The first-order valence-corrected chi connectivity index (χ1v) is 12.3. The van der Waals surface area contributed by atoms with Crippen molar-refractivity contribution in [1.82, 2.24) is 19.5 Å². The van der Waals surface area contributed by atoms with Crippen LogP contribution in [0.1, 0.15) is 26.0 Å². The van der Waals surface area contributed by atoms with Crippen LogP contribution in [0.5, 0.6) is 0 Å². The maximum Gasteiger partial charge on any atom is 0.481 e. The zero-order chi connectivity index (χ0) is 23.5. The Hall–Kier alpha value is -1.74. The van der Waals surface area contributed by atoms with Gasteiger partial charge < -0.3 is 35.6 Å². The van der Waals surface area contributed by atoms with Crippen molar-refractivity contribution in [3.8, 4) is 0 Å². The largest absolute Gasteiger partial charge is 0.481 e. The Morgan fingerprint density at radius 2 is 2.06 bits per heavy atom. The van der Waals surface area contributed by atoms with E-state index in [1.807, 2.05) is 0 Å². The van der Waals surface area contributed by atoms with E-state index in [4.69, 9.17) is 20.3 Å². The third-order valence-electron chi connectivity index (χ3n) is 4.94. The molecule has 0 amide bonds. The molecule has 1 aliphatic carbocycles. The molecule has 2 aromatic rings. The van der Waals surface area contributed by atoms with E-state index >= 15 is 4.39 Å². The van der Waals surface area contributed by atoms with E-state index in [1.54, 1.807) is 0 Å². The molecule has 0 spiro atoms. The molecule has 7 N–H and O–H groups in total. The minimum atomic E-state index is -5.34. The van der Waals surface area contributed by atoms with Crippen molar-refractivity contribution in [2.75, 3.05) is 17.7 Å². The molecule has 2 fully saturated rings. The predicted octanol–water partition coefficient (Wildman–Crippen LogP) is 0.196. The fourth-order valence-corrected chi connectivity index (χ4v) is 4.90. The summed E-state index contributed by atoms with van der Waals surface area (Å²) in [5.41, 5.74) is 3.75. The lowest BCUT2D eigenvalue weighted by Crippen LogP contribution is -2.40. The number of phosphoric acid groups is 2. The molecule has 5 atom stereocenters. The maximum atomic E-state index is 15.5. The van der Waals surface area contributed by atoms with Gasteiger partial charge in [0.2, 0.25) is 5.95 Å². The average Bonchev–Trinajstić information content (AvgIpc) is 3.31. The number of fused-ring (bicyclic) bond motifs is 1. The van der Waals surface area contributed by atoms with Crippen LogP contribution in [0.3, 0.4) is 0 Å². The number of nitrogens with one attached hydrogen (secondary N) is 1. The molecule has 0 aromatic carbocycles. The molecule has 1 saturated carbocycles. The van der Waals surface area contributed by atoms with Gasteiger partial charge >= 0.3 is 15.6 Å². The summed E-state index contributed by atoms with van der Waals surface area (Å²) in [7, 11) is -10.6. The molecule has 1 aliphatic heterocycles. The molecule has 4 rings (SSSR count). The summed E-state index contributed by atoms with van der Waals surface area (Å²) in [6.07, 6.45) is -1.73. The second kappa shape index (κ2) is 7.94. The molecule has 0 radical (unpaired) electrons. The van der Waals surface area contributed by atoms with E-state index < -0.39 is 46.4 Å². The Bertz CT molecular complexity index is 1120. The number of halogens is 1. The van der Waals surface area contributed by atoms with Gasteiger partial charge in [-0.05, 0) is 19.8 Å². The van der Waals surface area contributed by atoms with Crippen LogP contribution < -0.4 is 11.1 Å². The summed E-state index contributed by atoms with van der Waals surface area (Å²) in [5.74, 6) is 0.265. The Balaban J connectivity index is 1.58. The van der Waals surface area contributed by atoms with Crippen LogP contribution in [0.2, 0.25) is 0 Å². The number of aliphatic hydroxyl groups is 1. The Kier molecular flexibility index (Phi) is 5.81. The molecule has 2 aliphatic rings. The summed E-state index contributed by atoms with van der Waals surface area (Å²) in [5, 5.41) is 13.5. The van der Waals surface area contributed by atoms with E-state index in [0.29, 0.717) is 11.3 Å². The predicted molar refractivity (Wildman–Crippen MR) is 105 cm³/mol. The third-order valence-corrected chi connectivity index (χ3v) is 7.09. The molecule has 0 bridgehead atoms. The highest BCUT2D eigenvalue weighted by molar-refractivity contribution is 7.60. The summed E-state index contributed by atoms with van der Waals surface area (Å²) in [6.45, 7) is 0.121. The van der Waals surface area contributed by atoms with Crippen molar-refractivity contribution >= 4 is 38.6 Å². The molecule has 2 aromatic heterocycles. The zero-order valence-corrected chi connectivity index (χ0v) is 18.3. The first-order chi connectivity index (χ1) is 14.8. The van der Waals surface area contributed by atoms with Crippen LogP contribution >= 0.6 is 15.6 Å². The molecular weight excluding hydrogens is 477 g/mol. The molecule has 18 heteroatoms. The van der Waals surface area contributed by atoms with Gasteiger partial charge in [-0.2, -0.15) is 14.3 Å². The summed E-state index contributed by atoms with van der Waals surface area (Å²) in [6, 6.07) is 0.222. The number of rotatable bonds is 8. The molecule has 32 heavy (non-hydrogen) atoms. The Morgan fingerprint density at radius 1 is 1.38 bits per heavy atom. The molecule has 1 unspecified atom stereocenters. The summed E-state index contributed by atoms with van der Waals surface area (Å²) < 4.78 is 52.7. The van der Waals surface area contributed by atoms with Gasteiger partial charge in [0.15, 0.2) is 28.9 Å².